The van der Waals surface area contributed by atoms with Crippen LogP contribution in [0.5, 0.6) is 0 Å². The number of carbonyl (C=O) groups is 2. The van der Waals surface area contributed by atoms with Crippen LogP contribution in [0.25, 0.3) is 0 Å². The van der Waals surface area contributed by atoms with Gasteiger partial charge < -0.3 is 14.6 Å². The molecule has 0 amide bonds. The van der Waals surface area contributed by atoms with E-state index in [1.54, 1.807) is 13.8 Å². The Morgan fingerprint density at radius 1 is 1.17 bits per heavy atom. The van der Waals surface area contributed by atoms with Crippen LogP contribution >= 0.6 is 17.0 Å². The van der Waals surface area contributed by atoms with Crippen molar-refractivity contribution in [2.75, 3.05) is 19.7 Å². The highest BCUT2D eigenvalue weighted by atomic mass is 79.9. The Bertz CT molecular complexity index is 692. The summed E-state index contributed by atoms with van der Waals surface area (Å²) in [5.41, 5.74) is 1.72. The summed E-state index contributed by atoms with van der Waals surface area (Å²) in [6.45, 7) is 5.07. The Hall–Kier alpha value is -1.44. The van der Waals surface area contributed by atoms with Crippen molar-refractivity contribution in [2.45, 2.75) is 70.1 Å². The Morgan fingerprint density at radius 3 is 2.55 bits per heavy atom. The van der Waals surface area contributed by atoms with Crippen LogP contribution < -0.4 is 0 Å². The average Bonchev–Trinajstić information content (AvgIpc) is 3.39. The molecule has 0 aromatic heterocycles. The highest BCUT2D eigenvalue weighted by Gasteiger charge is 2.34. The van der Waals surface area contributed by atoms with Gasteiger partial charge in [0.2, 0.25) is 0 Å². The fraction of sp³-hybridized carbons (Fsp3) is 0.636. The summed E-state index contributed by atoms with van der Waals surface area (Å²) in [4.78, 5) is 26.5. The number of hydrogen-bond donors (Lipinski definition) is 1. The monoisotopic (exact) mass is 469 g/mol. The number of aliphatic hydroxyl groups is 1. The molecule has 1 heterocycles. The highest BCUT2D eigenvalue weighted by Crippen LogP contribution is 2.37. The lowest BCUT2D eigenvalue weighted by Gasteiger charge is -2.23. The molecule has 2 unspecified atom stereocenters. The number of nitrogens with zero attached hydrogens (tertiary/aromatic N) is 1. The van der Waals surface area contributed by atoms with Crippen LogP contribution in [0.2, 0.25) is 0 Å². The fourth-order valence-electron chi connectivity index (χ4n) is 4.34. The van der Waals surface area contributed by atoms with E-state index < -0.39 is 12.1 Å². The first-order valence-corrected chi connectivity index (χ1v) is 10.4. The lowest BCUT2D eigenvalue weighted by molar-refractivity contribution is -0.159. The van der Waals surface area contributed by atoms with Gasteiger partial charge in [-0.2, -0.15) is 0 Å². The zero-order valence-electron chi connectivity index (χ0n) is 17.2. The van der Waals surface area contributed by atoms with Gasteiger partial charge in [-0.3, -0.25) is 9.69 Å². The molecule has 1 saturated carbocycles. The number of carbonyl (C=O) groups excluding carboxylic acids is 2. The van der Waals surface area contributed by atoms with Gasteiger partial charge in [-0.15, -0.1) is 17.0 Å². The summed E-state index contributed by atoms with van der Waals surface area (Å²) in [5.74, 6) is -0.466. The van der Waals surface area contributed by atoms with Crippen molar-refractivity contribution >= 4 is 28.9 Å². The van der Waals surface area contributed by atoms with E-state index in [1.807, 2.05) is 29.2 Å². The number of halogens is 1. The number of aliphatic hydroxyl groups excluding tert-OH is 1. The lowest BCUT2D eigenvalue weighted by atomic mass is 9.90. The van der Waals surface area contributed by atoms with Crippen molar-refractivity contribution in [1.29, 1.82) is 0 Å². The molecule has 0 bridgehead atoms. The highest BCUT2D eigenvalue weighted by molar-refractivity contribution is 8.93. The molecule has 1 aromatic rings. The minimum Gasteiger partial charge on any atom is -0.465 e. The number of esters is 2. The molecule has 2 aliphatic rings. The lowest BCUT2D eigenvalue weighted by Crippen LogP contribution is -2.39. The molecule has 0 spiro atoms. The standard InChI is InChI=1S/C22H31NO5.BrH/c1-3-27-21(25)15(2)23-13-12-17(14-23)28-22(26)20(24)19-11-7-6-10-18(19)16-8-4-5-9-16;/h6-7,10-11,15-17,20,24H,3-5,8-9,12-14H2,1-2H3;1H/t15?,17?,20-;/m1./s1. The number of hydrogen-bond acceptors (Lipinski definition) is 6. The zero-order chi connectivity index (χ0) is 20.1. The van der Waals surface area contributed by atoms with Crippen molar-refractivity contribution in [3.8, 4) is 0 Å². The van der Waals surface area contributed by atoms with Gasteiger partial charge in [-0.05, 0) is 50.2 Å². The Kier molecular flexibility index (Phi) is 9.11. The summed E-state index contributed by atoms with van der Waals surface area (Å²) in [6, 6.07) is 7.28. The second kappa shape index (κ2) is 11.1. The van der Waals surface area contributed by atoms with Crippen LogP contribution in [0.1, 0.15) is 69.1 Å². The predicted octanol–water partition coefficient (Wildman–Crippen LogP) is 3.52. The van der Waals surface area contributed by atoms with Crippen LogP contribution in [-0.4, -0.2) is 53.8 Å². The minimum atomic E-state index is -1.27. The SMILES string of the molecule is Br.CCOC(=O)C(C)N1CCC(OC(=O)[C@H](O)c2ccccc2C2CCCC2)C1. The molecular formula is C22H32BrNO5. The molecule has 1 N–H and O–H groups in total. The third kappa shape index (κ3) is 5.80. The molecule has 1 aliphatic heterocycles. The van der Waals surface area contributed by atoms with Gasteiger partial charge in [0, 0.05) is 13.1 Å². The summed E-state index contributed by atoms with van der Waals surface area (Å²) in [5, 5.41) is 10.7. The third-order valence-corrected chi connectivity index (χ3v) is 5.94. The quantitative estimate of drug-likeness (QED) is 0.615. The first-order chi connectivity index (χ1) is 13.5. The molecule has 162 valence electrons. The molecule has 2 fully saturated rings. The van der Waals surface area contributed by atoms with Crippen molar-refractivity contribution in [3.05, 3.63) is 35.4 Å². The van der Waals surface area contributed by atoms with Gasteiger partial charge in [-0.25, -0.2) is 4.79 Å². The van der Waals surface area contributed by atoms with Gasteiger partial charge in [0.15, 0.2) is 6.10 Å². The van der Waals surface area contributed by atoms with Crippen molar-refractivity contribution < 1.29 is 24.2 Å². The first-order valence-electron chi connectivity index (χ1n) is 10.4. The van der Waals surface area contributed by atoms with Crippen LogP contribution in [0, 0.1) is 0 Å². The van der Waals surface area contributed by atoms with Crippen LogP contribution in [0.15, 0.2) is 24.3 Å². The van der Waals surface area contributed by atoms with Crippen LogP contribution in [0.3, 0.4) is 0 Å². The van der Waals surface area contributed by atoms with E-state index in [-0.39, 0.29) is 35.1 Å². The van der Waals surface area contributed by atoms with E-state index >= 15 is 0 Å². The molecule has 0 radical (unpaired) electrons. The maximum absolute atomic E-state index is 12.6. The first kappa shape index (κ1) is 23.8. The zero-order valence-corrected chi connectivity index (χ0v) is 18.9. The maximum atomic E-state index is 12.6. The molecule has 6 nitrogen and oxygen atoms in total. The maximum Gasteiger partial charge on any atom is 0.339 e. The van der Waals surface area contributed by atoms with E-state index in [4.69, 9.17) is 9.47 Å². The smallest absolute Gasteiger partial charge is 0.339 e. The second-order valence-corrected chi connectivity index (χ2v) is 7.78. The van der Waals surface area contributed by atoms with E-state index in [1.165, 1.54) is 12.8 Å². The van der Waals surface area contributed by atoms with E-state index in [9.17, 15) is 14.7 Å². The number of likely N-dealkylation sites (tertiary alicyclic amines) is 1. The van der Waals surface area contributed by atoms with Crippen molar-refractivity contribution in [3.63, 3.8) is 0 Å². The molecule has 3 rings (SSSR count). The summed E-state index contributed by atoms with van der Waals surface area (Å²) in [7, 11) is 0. The van der Waals surface area contributed by atoms with Crippen molar-refractivity contribution in [1.82, 2.24) is 4.90 Å². The molecule has 1 aromatic carbocycles. The molecule has 7 heteroatoms. The van der Waals surface area contributed by atoms with Crippen molar-refractivity contribution in [2.24, 2.45) is 0 Å². The normalized spacial score (nSPS) is 22.0. The second-order valence-electron chi connectivity index (χ2n) is 7.78. The molecule has 29 heavy (non-hydrogen) atoms. The summed E-state index contributed by atoms with van der Waals surface area (Å²) >= 11 is 0. The summed E-state index contributed by atoms with van der Waals surface area (Å²) in [6.07, 6.45) is 3.63. The summed E-state index contributed by atoms with van der Waals surface area (Å²) < 4.78 is 10.6. The number of benzene rings is 1. The molecule has 1 aliphatic carbocycles. The third-order valence-electron chi connectivity index (χ3n) is 5.94. The Morgan fingerprint density at radius 2 is 1.86 bits per heavy atom. The van der Waals surface area contributed by atoms with Gasteiger partial charge in [0.1, 0.15) is 12.1 Å². The molecule has 1 saturated heterocycles. The minimum absolute atomic E-state index is 0. The van der Waals surface area contributed by atoms with Crippen LogP contribution in [0.4, 0.5) is 0 Å². The van der Waals surface area contributed by atoms with Crippen LogP contribution in [-0.2, 0) is 19.1 Å². The van der Waals surface area contributed by atoms with Gasteiger partial charge in [0.05, 0.1) is 6.61 Å². The Balaban J connectivity index is 0.00000300. The van der Waals surface area contributed by atoms with E-state index in [0.29, 0.717) is 37.6 Å². The largest absolute Gasteiger partial charge is 0.465 e. The van der Waals surface area contributed by atoms with Gasteiger partial charge in [-0.1, -0.05) is 37.1 Å². The number of rotatable bonds is 7. The predicted molar refractivity (Wildman–Crippen MR) is 115 cm³/mol. The van der Waals surface area contributed by atoms with E-state index in [0.717, 1.165) is 18.4 Å². The van der Waals surface area contributed by atoms with Gasteiger partial charge >= 0.3 is 11.9 Å². The topological polar surface area (TPSA) is 76.1 Å². The molecule has 3 atom stereocenters. The number of ether oxygens (including phenoxy) is 2. The fourth-order valence-corrected chi connectivity index (χ4v) is 4.34. The Labute approximate surface area is 183 Å². The molecular weight excluding hydrogens is 438 g/mol. The van der Waals surface area contributed by atoms with Gasteiger partial charge in [0.25, 0.3) is 0 Å². The van der Waals surface area contributed by atoms with E-state index in [2.05, 4.69) is 0 Å². The average molecular weight is 470 g/mol.